The fraction of sp³-hybridized carbons (Fsp3) is 0.167. The number of nitrogens with zero attached hydrogens (tertiary/aromatic N) is 4. The molecule has 3 aromatic rings. The van der Waals surface area contributed by atoms with Crippen LogP contribution in [-0.2, 0) is 13.1 Å². The number of fused-ring (bicyclic) bond motifs is 1. The number of nitro groups is 1. The van der Waals surface area contributed by atoms with Crippen LogP contribution >= 0.6 is 0 Å². The minimum absolute atomic E-state index is 0.255. The third-order valence-corrected chi connectivity index (χ3v) is 2.79. The van der Waals surface area contributed by atoms with Gasteiger partial charge in [-0.05, 0) is 18.2 Å². The summed E-state index contributed by atoms with van der Waals surface area (Å²) in [6.07, 6.45) is 1.88. The van der Waals surface area contributed by atoms with Crippen LogP contribution in [0, 0.1) is 10.1 Å². The van der Waals surface area contributed by atoms with Gasteiger partial charge in [0.05, 0.1) is 19.2 Å². The van der Waals surface area contributed by atoms with E-state index >= 15 is 0 Å². The van der Waals surface area contributed by atoms with Gasteiger partial charge < -0.3 is 9.73 Å². The molecule has 0 saturated carbocycles. The fourth-order valence-corrected chi connectivity index (χ4v) is 1.87. The van der Waals surface area contributed by atoms with E-state index in [9.17, 15) is 10.1 Å². The first-order valence-electron chi connectivity index (χ1n) is 5.96. The van der Waals surface area contributed by atoms with Crippen molar-refractivity contribution in [2.75, 3.05) is 0 Å². The van der Waals surface area contributed by atoms with Gasteiger partial charge in [0.2, 0.25) is 0 Å². The van der Waals surface area contributed by atoms with Gasteiger partial charge in [-0.1, -0.05) is 6.07 Å². The molecule has 1 N–H and O–H groups in total. The van der Waals surface area contributed by atoms with E-state index in [1.807, 2.05) is 28.8 Å². The number of nitrogens with one attached hydrogen (secondary N) is 1. The number of rotatable bonds is 5. The van der Waals surface area contributed by atoms with Crippen LogP contribution in [-0.4, -0.2) is 19.5 Å². The molecule has 0 aliphatic heterocycles. The molecule has 8 heteroatoms. The molecule has 0 amide bonds. The van der Waals surface area contributed by atoms with E-state index in [0.717, 1.165) is 11.5 Å². The zero-order valence-corrected chi connectivity index (χ0v) is 10.4. The highest BCUT2D eigenvalue weighted by Gasteiger charge is 2.11. The smallest absolute Gasteiger partial charge is 0.404 e. The van der Waals surface area contributed by atoms with E-state index in [-0.39, 0.29) is 5.88 Å². The van der Waals surface area contributed by atoms with Gasteiger partial charge in [-0.2, -0.15) is 0 Å². The molecule has 20 heavy (non-hydrogen) atoms. The van der Waals surface area contributed by atoms with Gasteiger partial charge >= 0.3 is 5.88 Å². The molecule has 0 aliphatic carbocycles. The monoisotopic (exact) mass is 273 g/mol. The Hall–Kier alpha value is -2.74. The van der Waals surface area contributed by atoms with Crippen molar-refractivity contribution < 1.29 is 9.34 Å². The molecule has 0 spiro atoms. The van der Waals surface area contributed by atoms with Crippen molar-refractivity contribution in [3.63, 3.8) is 0 Å². The molecule has 3 rings (SSSR count). The average Bonchev–Trinajstić information content (AvgIpc) is 3.06. The summed E-state index contributed by atoms with van der Waals surface area (Å²) >= 11 is 0. The summed E-state index contributed by atoms with van der Waals surface area (Å²) in [6, 6.07) is 8.57. The molecular formula is C12H11N5O3. The molecule has 0 aromatic carbocycles. The first-order valence-corrected chi connectivity index (χ1v) is 5.96. The third kappa shape index (κ3) is 2.36. The van der Waals surface area contributed by atoms with Gasteiger partial charge in [0, 0.05) is 6.20 Å². The number of hydrogen-bond acceptors (Lipinski definition) is 6. The standard InChI is InChI=1S/C12H11N5O3/c18-17(19)12-5-4-9(20-12)7-13-8-11-15-14-10-3-1-2-6-16(10)11/h1-6,13H,7-8H2. The van der Waals surface area contributed by atoms with Gasteiger partial charge in [-0.25, -0.2) is 0 Å². The number of pyridine rings is 1. The van der Waals surface area contributed by atoms with E-state index in [1.54, 1.807) is 6.07 Å². The molecule has 0 fully saturated rings. The van der Waals surface area contributed by atoms with E-state index in [2.05, 4.69) is 15.5 Å². The fourth-order valence-electron chi connectivity index (χ4n) is 1.87. The van der Waals surface area contributed by atoms with Crippen LogP contribution < -0.4 is 5.32 Å². The minimum atomic E-state index is -0.560. The van der Waals surface area contributed by atoms with Crippen molar-refractivity contribution in [2.45, 2.75) is 13.1 Å². The molecular weight excluding hydrogens is 262 g/mol. The van der Waals surface area contributed by atoms with Gasteiger partial charge in [0.25, 0.3) is 0 Å². The summed E-state index contributed by atoms with van der Waals surface area (Å²) < 4.78 is 6.92. The lowest BCUT2D eigenvalue weighted by molar-refractivity contribution is -0.402. The zero-order chi connectivity index (χ0) is 13.9. The first-order chi connectivity index (χ1) is 9.74. The highest BCUT2D eigenvalue weighted by atomic mass is 16.6. The Balaban J connectivity index is 1.63. The van der Waals surface area contributed by atoms with E-state index in [4.69, 9.17) is 4.42 Å². The molecule has 102 valence electrons. The van der Waals surface area contributed by atoms with Crippen molar-refractivity contribution in [3.05, 3.63) is 58.2 Å². The second kappa shape index (κ2) is 5.10. The Bertz CT molecular complexity index is 748. The highest BCUT2D eigenvalue weighted by molar-refractivity contribution is 5.36. The van der Waals surface area contributed by atoms with Crippen LogP contribution in [0.3, 0.4) is 0 Å². The largest absolute Gasteiger partial charge is 0.433 e. The van der Waals surface area contributed by atoms with Crippen LogP contribution in [0.15, 0.2) is 40.9 Å². The van der Waals surface area contributed by atoms with E-state index < -0.39 is 4.92 Å². The Kier molecular flexibility index (Phi) is 3.13. The van der Waals surface area contributed by atoms with E-state index in [1.165, 1.54) is 6.07 Å². The maximum absolute atomic E-state index is 10.5. The van der Waals surface area contributed by atoms with Crippen molar-refractivity contribution in [1.29, 1.82) is 0 Å². The van der Waals surface area contributed by atoms with Gasteiger partial charge in [0.15, 0.2) is 11.5 Å². The van der Waals surface area contributed by atoms with Crippen molar-refractivity contribution in [3.8, 4) is 0 Å². The molecule has 0 radical (unpaired) electrons. The summed E-state index contributed by atoms with van der Waals surface area (Å²) in [4.78, 5) is 9.93. The predicted octanol–water partition coefficient (Wildman–Crippen LogP) is 1.52. The lowest BCUT2D eigenvalue weighted by Crippen LogP contribution is -2.14. The first kappa shape index (κ1) is 12.3. The Morgan fingerprint density at radius 1 is 1.25 bits per heavy atom. The lowest BCUT2D eigenvalue weighted by atomic mass is 10.4. The molecule has 0 atom stereocenters. The Labute approximate surface area is 113 Å². The second-order valence-electron chi connectivity index (χ2n) is 4.15. The normalized spacial score (nSPS) is 11.0. The average molecular weight is 273 g/mol. The SMILES string of the molecule is O=[N+]([O-])c1ccc(CNCc2nnc3ccccn23)o1. The molecule has 3 aromatic heterocycles. The second-order valence-corrected chi connectivity index (χ2v) is 4.15. The summed E-state index contributed by atoms with van der Waals surface area (Å²) in [5.74, 6) is 1.02. The van der Waals surface area contributed by atoms with Gasteiger partial charge in [-0.15, -0.1) is 10.2 Å². The third-order valence-electron chi connectivity index (χ3n) is 2.79. The van der Waals surface area contributed by atoms with Crippen molar-refractivity contribution in [1.82, 2.24) is 19.9 Å². The topological polar surface area (TPSA) is 98.5 Å². The van der Waals surface area contributed by atoms with Crippen LogP contribution in [0.2, 0.25) is 0 Å². The van der Waals surface area contributed by atoms with Gasteiger partial charge in [-0.3, -0.25) is 14.5 Å². The number of aromatic nitrogens is 3. The molecule has 0 saturated heterocycles. The quantitative estimate of drug-likeness (QED) is 0.559. The van der Waals surface area contributed by atoms with Crippen LogP contribution in [0.25, 0.3) is 5.65 Å². The Morgan fingerprint density at radius 2 is 2.15 bits per heavy atom. The Morgan fingerprint density at radius 3 is 2.95 bits per heavy atom. The minimum Gasteiger partial charge on any atom is -0.404 e. The van der Waals surface area contributed by atoms with E-state index in [0.29, 0.717) is 18.8 Å². The summed E-state index contributed by atoms with van der Waals surface area (Å²) in [5, 5.41) is 21.7. The maximum atomic E-state index is 10.5. The summed E-state index contributed by atoms with van der Waals surface area (Å²) in [7, 11) is 0. The summed E-state index contributed by atoms with van der Waals surface area (Å²) in [5.41, 5.74) is 0.776. The molecule has 3 heterocycles. The number of furan rings is 1. The van der Waals surface area contributed by atoms with Crippen molar-refractivity contribution >= 4 is 11.5 Å². The van der Waals surface area contributed by atoms with Crippen LogP contribution in [0.1, 0.15) is 11.6 Å². The predicted molar refractivity (Wildman–Crippen MR) is 68.9 cm³/mol. The molecule has 8 nitrogen and oxygen atoms in total. The van der Waals surface area contributed by atoms with Gasteiger partial charge in [0.1, 0.15) is 10.7 Å². The summed E-state index contributed by atoms with van der Waals surface area (Å²) in [6.45, 7) is 0.870. The zero-order valence-electron chi connectivity index (χ0n) is 10.4. The maximum Gasteiger partial charge on any atom is 0.433 e. The van der Waals surface area contributed by atoms with Crippen LogP contribution in [0.4, 0.5) is 5.88 Å². The van der Waals surface area contributed by atoms with Crippen LogP contribution in [0.5, 0.6) is 0 Å². The molecule has 0 aliphatic rings. The van der Waals surface area contributed by atoms with Crippen molar-refractivity contribution in [2.24, 2.45) is 0 Å². The molecule has 0 unspecified atom stereocenters. The lowest BCUT2D eigenvalue weighted by Gasteiger charge is -2.01. The molecule has 0 bridgehead atoms. The highest BCUT2D eigenvalue weighted by Crippen LogP contribution is 2.15. The number of hydrogen-bond donors (Lipinski definition) is 1.